The Bertz CT molecular complexity index is 505. The van der Waals surface area contributed by atoms with Crippen LogP contribution in [0, 0.1) is 23.4 Å². The van der Waals surface area contributed by atoms with Crippen LogP contribution >= 0.6 is 0 Å². The van der Waals surface area contributed by atoms with Gasteiger partial charge in [0.25, 0.3) is 5.91 Å². The van der Waals surface area contributed by atoms with Crippen LogP contribution in [0.15, 0.2) is 12.1 Å². The minimum Gasteiger partial charge on any atom is -0.393 e. The number of likely N-dealkylation sites (tertiary alicyclic amines) is 1. The third kappa shape index (κ3) is 2.58. The summed E-state index contributed by atoms with van der Waals surface area (Å²) >= 11 is 0. The van der Waals surface area contributed by atoms with Gasteiger partial charge in [0.05, 0.1) is 11.7 Å². The Kier molecular flexibility index (Phi) is 3.80. The van der Waals surface area contributed by atoms with E-state index in [0.717, 1.165) is 12.1 Å². The lowest BCUT2D eigenvalue weighted by Gasteiger charge is -2.18. The molecule has 1 amide bonds. The summed E-state index contributed by atoms with van der Waals surface area (Å²) in [4.78, 5) is 13.4. The molecule has 1 aromatic carbocycles. The van der Waals surface area contributed by atoms with E-state index >= 15 is 0 Å². The van der Waals surface area contributed by atoms with Crippen LogP contribution < -0.4 is 0 Å². The first-order valence-corrected chi connectivity index (χ1v) is 6.02. The van der Waals surface area contributed by atoms with E-state index in [1.807, 2.05) is 0 Å². The highest BCUT2D eigenvalue weighted by Crippen LogP contribution is 2.23. The SMILES string of the molecule is CC(O)C1CCN(C(=O)c2ccc(F)c(F)c2F)C1. The maximum Gasteiger partial charge on any atom is 0.256 e. The second-order valence-electron chi connectivity index (χ2n) is 4.76. The number of carbonyl (C=O) groups is 1. The molecule has 6 heteroatoms. The van der Waals surface area contributed by atoms with Gasteiger partial charge >= 0.3 is 0 Å². The molecule has 19 heavy (non-hydrogen) atoms. The summed E-state index contributed by atoms with van der Waals surface area (Å²) in [5.41, 5.74) is -0.481. The highest BCUT2D eigenvalue weighted by molar-refractivity contribution is 5.94. The molecular formula is C13H14F3NO2. The molecule has 0 aromatic heterocycles. The summed E-state index contributed by atoms with van der Waals surface area (Å²) in [6, 6.07) is 1.67. The molecular weight excluding hydrogens is 259 g/mol. The van der Waals surface area contributed by atoms with Crippen molar-refractivity contribution in [3.05, 3.63) is 35.1 Å². The summed E-state index contributed by atoms with van der Waals surface area (Å²) in [7, 11) is 0. The van der Waals surface area contributed by atoms with E-state index < -0.39 is 35.0 Å². The Morgan fingerprint density at radius 2 is 2.05 bits per heavy atom. The first-order chi connectivity index (χ1) is 8.91. The van der Waals surface area contributed by atoms with Crippen LogP contribution in [0.5, 0.6) is 0 Å². The predicted molar refractivity (Wildman–Crippen MR) is 62.0 cm³/mol. The van der Waals surface area contributed by atoms with Crippen LogP contribution in [0.2, 0.25) is 0 Å². The second-order valence-corrected chi connectivity index (χ2v) is 4.76. The van der Waals surface area contributed by atoms with E-state index in [4.69, 9.17) is 0 Å². The number of aliphatic hydroxyl groups is 1. The van der Waals surface area contributed by atoms with Crippen molar-refractivity contribution < 1.29 is 23.1 Å². The molecule has 0 spiro atoms. The molecule has 2 rings (SSSR count). The van der Waals surface area contributed by atoms with Crippen molar-refractivity contribution in [1.82, 2.24) is 4.90 Å². The van der Waals surface area contributed by atoms with Crippen molar-refractivity contribution in [3.63, 3.8) is 0 Å². The van der Waals surface area contributed by atoms with E-state index in [-0.39, 0.29) is 12.5 Å². The van der Waals surface area contributed by atoms with Crippen LogP contribution in [0.1, 0.15) is 23.7 Å². The topological polar surface area (TPSA) is 40.5 Å². The van der Waals surface area contributed by atoms with Gasteiger partial charge in [0.15, 0.2) is 17.5 Å². The lowest BCUT2D eigenvalue weighted by molar-refractivity contribution is 0.0756. The van der Waals surface area contributed by atoms with Crippen molar-refractivity contribution >= 4 is 5.91 Å². The average Bonchev–Trinajstić information content (AvgIpc) is 2.85. The van der Waals surface area contributed by atoms with Crippen molar-refractivity contribution in [2.75, 3.05) is 13.1 Å². The lowest BCUT2D eigenvalue weighted by atomic mass is 10.0. The fraction of sp³-hybridized carbons (Fsp3) is 0.462. The van der Waals surface area contributed by atoms with Gasteiger partial charge in [-0.1, -0.05) is 0 Å². The molecule has 3 nitrogen and oxygen atoms in total. The zero-order valence-electron chi connectivity index (χ0n) is 10.4. The fourth-order valence-corrected chi connectivity index (χ4v) is 2.23. The van der Waals surface area contributed by atoms with Gasteiger partial charge in [0.1, 0.15) is 0 Å². The molecule has 2 unspecified atom stereocenters. The summed E-state index contributed by atoms with van der Waals surface area (Å²) in [6.45, 7) is 2.28. The van der Waals surface area contributed by atoms with E-state index in [0.29, 0.717) is 13.0 Å². The standard InChI is InChI=1S/C13H14F3NO2/c1-7(18)8-4-5-17(6-8)13(19)9-2-3-10(14)12(16)11(9)15/h2-3,7-8,18H,4-6H2,1H3. The Labute approximate surface area is 108 Å². The highest BCUT2D eigenvalue weighted by Gasteiger charge is 2.31. The summed E-state index contributed by atoms with van der Waals surface area (Å²) in [5.74, 6) is -5.18. The van der Waals surface area contributed by atoms with Crippen molar-refractivity contribution in [2.45, 2.75) is 19.4 Å². The van der Waals surface area contributed by atoms with Gasteiger partial charge in [-0.2, -0.15) is 0 Å². The van der Waals surface area contributed by atoms with Gasteiger partial charge in [0.2, 0.25) is 0 Å². The summed E-state index contributed by atoms with van der Waals surface area (Å²) < 4.78 is 39.4. The molecule has 2 atom stereocenters. The van der Waals surface area contributed by atoms with Crippen LogP contribution in [0.3, 0.4) is 0 Å². The normalized spacial score (nSPS) is 20.7. The first kappa shape index (κ1) is 13.9. The van der Waals surface area contributed by atoms with Crippen LogP contribution in [0.4, 0.5) is 13.2 Å². The average molecular weight is 273 g/mol. The van der Waals surface area contributed by atoms with Crippen LogP contribution in [-0.4, -0.2) is 35.1 Å². The van der Waals surface area contributed by atoms with Gasteiger partial charge in [-0.15, -0.1) is 0 Å². The number of halogens is 3. The fourth-order valence-electron chi connectivity index (χ4n) is 2.23. The van der Waals surface area contributed by atoms with Crippen molar-refractivity contribution in [1.29, 1.82) is 0 Å². The molecule has 1 saturated heterocycles. The monoisotopic (exact) mass is 273 g/mol. The van der Waals surface area contributed by atoms with E-state index in [9.17, 15) is 23.1 Å². The van der Waals surface area contributed by atoms with E-state index in [2.05, 4.69) is 0 Å². The summed E-state index contributed by atoms with van der Waals surface area (Å²) in [5, 5.41) is 9.44. The Morgan fingerprint density at radius 3 is 2.63 bits per heavy atom. The number of benzene rings is 1. The van der Waals surface area contributed by atoms with Crippen molar-refractivity contribution in [2.24, 2.45) is 5.92 Å². The summed E-state index contributed by atoms with van der Waals surface area (Å²) in [6.07, 6.45) is 0.0434. The van der Waals surface area contributed by atoms with E-state index in [1.54, 1.807) is 6.92 Å². The number of hydrogen-bond donors (Lipinski definition) is 1. The second kappa shape index (κ2) is 5.21. The molecule has 0 aliphatic carbocycles. The van der Waals surface area contributed by atoms with Gasteiger partial charge < -0.3 is 10.0 Å². The van der Waals surface area contributed by atoms with E-state index in [1.165, 1.54) is 4.90 Å². The highest BCUT2D eigenvalue weighted by atomic mass is 19.2. The molecule has 0 bridgehead atoms. The van der Waals surface area contributed by atoms with Crippen LogP contribution in [-0.2, 0) is 0 Å². The third-order valence-corrected chi connectivity index (χ3v) is 3.46. The largest absolute Gasteiger partial charge is 0.393 e. The maximum absolute atomic E-state index is 13.5. The zero-order chi connectivity index (χ0) is 14.2. The van der Waals surface area contributed by atoms with Gasteiger partial charge in [-0.3, -0.25) is 4.79 Å². The van der Waals surface area contributed by atoms with Crippen LogP contribution in [0.25, 0.3) is 0 Å². The minimum absolute atomic E-state index is 0.0719. The van der Waals surface area contributed by atoms with Gasteiger partial charge in [-0.25, -0.2) is 13.2 Å². The Morgan fingerprint density at radius 1 is 1.37 bits per heavy atom. The molecule has 1 N–H and O–H groups in total. The lowest BCUT2D eigenvalue weighted by Crippen LogP contribution is -2.31. The number of hydrogen-bond acceptors (Lipinski definition) is 2. The number of nitrogens with zero attached hydrogens (tertiary/aromatic N) is 1. The quantitative estimate of drug-likeness (QED) is 0.837. The Hall–Kier alpha value is -1.56. The number of aliphatic hydroxyl groups excluding tert-OH is 1. The predicted octanol–water partition coefficient (Wildman–Crippen LogP) is 1.95. The molecule has 0 radical (unpaired) electrons. The number of amides is 1. The molecule has 1 aliphatic heterocycles. The molecule has 1 aliphatic rings. The smallest absolute Gasteiger partial charge is 0.256 e. The maximum atomic E-state index is 13.5. The molecule has 0 saturated carbocycles. The first-order valence-electron chi connectivity index (χ1n) is 6.02. The molecule has 1 heterocycles. The van der Waals surface area contributed by atoms with Gasteiger partial charge in [0, 0.05) is 19.0 Å². The molecule has 1 aromatic rings. The third-order valence-electron chi connectivity index (χ3n) is 3.46. The van der Waals surface area contributed by atoms with Crippen molar-refractivity contribution in [3.8, 4) is 0 Å². The molecule has 1 fully saturated rings. The zero-order valence-corrected chi connectivity index (χ0v) is 10.4. The minimum atomic E-state index is -1.64. The number of carbonyl (C=O) groups excluding carboxylic acids is 1. The molecule has 104 valence electrons. The van der Waals surface area contributed by atoms with Gasteiger partial charge in [-0.05, 0) is 25.5 Å². The number of rotatable bonds is 2. The Balaban J connectivity index is 2.20.